The topological polar surface area (TPSA) is 108 Å². The highest BCUT2D eigenvalue weighted by Crippen LogP contribution is 2.36. The molecule has 9 nitrogen and oxygen atoms in total. The van der Waals surface area contributed by atoms with E-state index in [4.69, 9.17) is 10.5 Å². The molecule has 3 N–H and O–H groups in total. The van der Waals surface area contributed by atoms with Crippen molar-refractivity contribution in [2.24, 2.45) is 5.73 Å². The van der Waals surface area contributed by atoms with E-state index in [0.717, 1.165) is 44.7 Å². The molecule has 3 atom stereocenters. The van der Waals surface area contributed by atoms with Crippen LogP contribution in [0.15, 0.2) is 24.3 Å². The van der Waals surface area contributed by atoms with E-state index < -0.39 is 17.7 Å². The summed E-state index contributed by atoms with van der Waals surface area (Å²) < 4.78 is 5.54. The third kappa shape index (κ3) is 4.45. The lowest BCUT2D eigenvalue weighted by molar-refractivity contribution is -0.142. The number of nitrogens with zero attached hydrogens (tertiary/aromatic N) is 3. The predicted molar refractivity (Wildman–Crippen MR) is 132 cm³/mol. The van der Waals surface area contributed by atoms with Gasteiger partial charge in [-0.1, -0.05) is 12.8 Å². The van der Waals surface area contributed by atoms with Gasteiger partial charge in [0.05, 0.1) is 6.04 Å². The summed E-state index contributed by atoms with van der Waals surface area (Å²) in [7, 11) is 0. The number of ketones is 1. The number of likely N-dealkylation sites (tertiary alicyclic amines) is 1. The molecule has 190 valence electrons. The first-order valence-electron chi connectivity index (χ1n) is 12.9. The number of carbonyl (C=O) groups excluding carboxylic acids is 3. The zero-order valence-corrected chi connectivity index (χ0v) is 20.7. The lowest BCUT2D eigenvalue weighted by Gasteiger charge is -2.38. The van der Waals surface area contributed by atoms with Crippen LogP contribution in [0.5, 0.6) is 0 Å². The van der Waals surface area contributed by atoms with Crippen LogP contribution in [0.2, 0.25) is 0 Å². The molecule has 3 aliphatic heterocycles. The van der Waals surface area contributed by atoms with Crippen molar-refractivity contribution in [3.8, 4) is 0 Å². The number of amides is 2. The minimum absolute atomic E-state index is 0.00889. The van der Waals surface area contributed by atoms with Gasteiger partial charge in [-0.05, 0) is 51.0 Å². The number of piperazine rings is 1. The summed E-state index contributed by atoms with van der Waals surface area (Å²) in [5.74, 6) is -0.573. The largest absolute Gasteiger partial charge is 0.369 e. The lowest BCUT2D eigenvalue weighted by Crippen LogP contribution is -2.60. The van der Waals surface area contributed by atoms with Gasteiger partial charge < -0.3 is 25.6 Å². The molecule has 3 saturated heterocycles. The van der Waals surface area contributed by atoms with E-state index in [1.165, 1.54) is 0 Å². The van der Waals surface area contributed by atoms with Gasteiger partial charge in [0.15, 0.2) is 5.78 Å². The van der Waals surface area contributed by atoms with Crippen LogP contribution in [0.3, 0.4) is 0 Å². The molecule has 3 heterocycles. The third-order valence-corrected chi connectivity index (χ3v) is 8.24. The number of carbonyl (C=O) groups is 3. The van der Waals surface area contributed by atoms with Gasteiger partial charge in [0.25, 0.3) is 5.91 Å². The molecule has 35 heavy (non-hydrogen) atoms. The second kappa shape index (κ2) is 9.52. The highest BCUT2D eigenvalue weighted by molar-refractivity contribution is 6.01. The molecule has 1 aliphatic carbocycles. The van der Waals surface area contributed by atoms with Crippen LogP contribution < -0.4 is 16.0 Å². The van der Waals surface area contributed by atoms with Crippen molar-refractivity contribution < 1.29 is 19.1 Å². The maximum atomic E-state index is 13.7. The molecule has 4 fully saturated rings. The molecule has 0 bridgehead atoms. The quantitative estimate of drug-likeness (QED) is 0.637. The summed E-state index contributed by atoms with van der Waals surface area (Å²) >= 11 is 0. The van der Waals surface area contributed by atoms with E-state index in [9.17, 15) is 14.4 Å². The first-order chi connectivity index (χ1) is 16.8. The number of benzene rings is 1. The molecule has 0 radical (unpaired) electrons. The zero-order chi connectivity index (χ0) is 24.7. The normalized spacial score (nSPS) is 28.6. The Hall–Kier alpha value is -2.49. The zero-order valence-electron chi connectivity index (χ0n) is 20.7. The fourth-order valence-electron chi connectivity index (χ4n) is 6.16. The fraction of sp³-hybridized carbons (Fsp3) is 0.654. The number of ether oxygens (including phenoxy) is 1. The van der Waals surface area contributed by atoms with Gasteiger partial charge >= 0.3 is 0 Å². The predicted octanol–water partition coefficient (Wildman–Crippen LogP) is 0.766. The summed E-state index contributed by atoms with van der Waals surface area (Å²) in [5, 5.41) is 3.07. The molecule has 9 heteroatoms. The fourth-order valence-corrected chi connectivity index (χ4v) is 6.16. The van der Waals surface area contributed by atoms with Crippen molar-refractivity contribution in [3.05, 3.63) is 29.8 Å². The third-order valence-electron chi connectivity index (χ3n) is 8.24. The number of nitrogens with two attached hydrogens (primary N) is 1. The second-order valence-corrected chi connectivity index (χ2v) is 10.7. The molecule has 1 saturated carbocycles. The van der Waals surface area contributed by atoms with Gasteiger partial charge in [-0.2, -0.15) is 0 Å². The molecule has 0 spiro atoms. The Kier molecular flexibility index (Phi) is 6.59. The van der Waals surface area contributed by atoms with Crippen LogP contribution in [0, 0.1) is 0 Å². The van der Waals surface area contributed by atoms with Crippen LogP contribution in [-0.2, 0) is 14.3 Å². The Balaban J connectivity index is 1.27. The van der Waals surface area contributed by atoms with E-state index in [-0.39, 0.29) is 36.8 Å². The summed E-state index contributed by atoms with van der Waals surface area (Å²) in [6.07, 6.45) is 2.38. The van der Waals surface area contributed by atoms with Crippen molar-refractivity contribution in [2.75, 3.05) is 44.2 Å². The minimum Gasteiger partial charge on any atom is -0.369 e. The van der Waals surface area contributed by atoms with Gasteiger partial charge in [0, 0.05) is 50.0 Å². The Morgan fingerprint density at radius 2 is 1.74 bits per heavy atom. The molecular formula is C26H37N5O4. The lowest BCUT2D eigenvalue weighted by atomic mass is 9.93. The Labute approximate surface area is 206 Å². The molecule has 5 rings (SSSR count). The van der Waals surface area contributed by atoms with Crippen molar-refractivity contribution in [2.45, 2.75) is 69.3 Å². The van der Waals surface area contributed by atoms with E-state index in [1.807, 2.05) is 24.3 Å². The Morgan fingerprint density at radius 1 is 1.09 bits per heavy atom. The van der Waals surface area contributed by atoms with E-state index in [0.29, 0.717) is 24.4 Å². The van der Waals surface area contributed by atoms with Gasteiger partial charge in [0.1, 0.15) is 24.3 Å². The number of nitrogens with one attached hydrogen (secondary N) is 1. The van der Waals surface area contributed by atoms with Crippen molar-refractivity contribution in [1.82, 2.24) is 15.1 Å². The van der Waals surface area contributed by atoms with Crippen LogP contribution in [0.1, 0.15) is 49.9 Å². The monoisotopic (exact) mass is 483 g/mol. The number of fused-ring (bicyclic) bond motifs is 1. The Bertz CT molecular complexity index is 966. The summed E-state index contributed by atoms with van der Waals surface area (Å²) in [6.45, 7) is 8.69. The summed E-state index contributed by atoms with van der Waals surface area (Å²) in [4.78, 5) is 45.8. The maximum Gasteiger partial charge on any atom is 0.252 e. The minimum atomic E-state index is -1.000. The molecule has 1 aromatic rings. The number of Topliss-reactive ketones (excluding diaryl/α,β-unsaturated/α-hetero) is 1. The Morgan fingerprint density at radius 3 is 2.37 bits per heavy atom. The SMILES string of the molecule is CC(C)N1CCN(c2ccc(C(=O)NC3(C(=O)N4C[C@H](N)[C@H]5OCC(=O)[C@H]54)CCCC3)cc2)CC1. The first-order valence-corrected chi connectivity index (χ1v) is 12.9. The van der Waals surface area contributed by atoms with E-state index in [2.05, 4.69) is 29.0 Å². The van der Waals surface area contributed by atoms with Gasteiger partial charge in [0.2, 0.25) is 5.91 Å². The molecule has 2 amide bonds. The van der Waals surface area contributed by atoms with E-state index in [1.54, 1.807) is 4.90 Å². The first kappa shape index (κ1) is 24.2. The summed E-state index contributed by atoms with van der Waals surface area (Å²) in [5.41, 5.74) is 6.82. The van der Waals surface area contributed by atoms with Crippen LogP contribution in [-0.4, -0.2) is 96.5 Å². The smallest absolute Gasteiger partial charge is 0.252 e. The van der Waals surface area contributed by atoms with Crippen molar-refractivity contribution in [1.29, 1.82) is 0 Å². The van der Waals surface area contributed by atoms with E-state index >= 15 is 0 Å². The van der Waals surface area contributed by atoms with Gasteiger partial charge in [-0.25, -0.2) is 0 Å². The molecule has 0 aromatic heterocycles. The average Bonchev–Trinajstić information content (AvgIpc) is 3.57. The highest BCUT2D eigenvalue weighted by Gasteiger charge is 2.55. The maximum absolute atomic E-state index is 13.7. The number of hydrogen-bond donors (Lipinski definition) is 2. The van der Waals surface area contributed by atoms with Crippen LogP contribution in [0.4, 0.5) is 5.69 Å². The standard InChI is InChI=1S/C26H37N5O4/c1-17(2)29-11-13-30(14-12-29)19-7-5-18(6-8-19)24(33)28-26(9-3-4-10-26)25(34)31-15-20(27)23-22(31)21(32)16-35-23/h5-8,17,20,22-23H,3-4,9-16,27H2,1-2H3,(H,28,33)/t20-,22+,23+/m0/s1. The number of rotatable bonds is 5. The van der Waals surface area contributed by atoms with Crippen LogP contribution in [0.25, 0.3) is 0 Å². The number of hydrogen-bond acceptors (Lipinski definition) is 7. The molecule has 1 aromatic carbocycles. The molecule has 4 aliphatic rings. The second-order valence-electron chi connectivity index (χ2n) is 10.7. The number of anilines is 1. The average molecular weight is 484 g/mol. The van der Waals surface area contributed by atoms with Gasteiger partial charge in [-0.15, -0.1) is 0 Å². The van der Waals surface area contributed by atoms with Crippen molar-refractivity contribution in [3.63, 3.8) is 0 Å². The molecule has 0 unspecified atom stereocenters. The van der Waals surface area contributed by atoms with Gasteiger partial charge in [-0.3, -0.25) is 19.3 Å². The summed E-state index contributed by atoms with van der Waals surface area (Å²) in [6, 6.07) is 7.17. The van der Waals surface area contributed by atoms with Crippen LogP contribution >= 0.6 is 0 Å². The highest BCUT2D eigenvalue weighted by atomic mass is 16.5. The van der Waals surface area contributed by atoms with Crippen molar-refractivity contribution >= 4 is 23.3 Å². The molecular weight excluding hydrogens is 446 g/mol.